The van der Waals surface area contributed by atoms with Crippen LogP contribution in [-0.2, 0) is 0 Å². The monoisotopic (exact) mass is 289 g/mol. The molecule has 0 aliphatic heterocycles. The first-order chi connectivity index (χ1) is 9.47. The standard InChI is InChI=1S/C16H16FNOS/c1-10(2)11-4-3-5-13(8-11)19-15-7-6-12(17)9-14(15)16(18)20/h3-10H,1-2H3,(H2,18,20). The van der Waals surface area contributed by atoms with Crippen LogP contribution in [-0.4, -0.2) is 4.99 Å². The molecule has 0 heterocycles. The van der Waals surface area contributed by atoms with Gasteiger partial charge < -0.3 is 10.5 Å². The van der Waals surface area contributed by atoms with E-state index in [0.29, 0.717) is 23.0 Å². The maximum absolute atomic E-state index is 13.2. The molecule has 0 atom stereocenters. The van der Waals surface area contributed by atoms with E-state index < -0.39 is 5.82 Å². The molecule has 2 rings (SSSR count). The van der Waals surface area contributed by atoms with Crippen LogP contribution in [0.2, 0.25) is 0 Å². The fourth-order valence-electron chi connectivity index (χ4n) is 1.85. The maximum atomic E-state index is 13.2. The highest BCUT2D eigenvalue weighted by atomic mass is 32.1. The number of halogens is 1. The van der Waals surface area contributed by atoms with Crippen LogP contribution in [0.3, 0.4) is 0 Å². The van der Waals surface area contributed by atoms with Crippen LogP contribution in [0.1, 0.15) is 30.9 Å². The van der Waals surface area contributed by atoms with E-state index in [2.05, 4.69) is 13.8 Å². The minimum atomic E-state index is -0.393. The Hall–Kier alpha value is -1.94. The largest absolute Gasteiger partial charge is 0.457 e. The van der Waals surface area contributed by atoms with Gasteiger partial charge in [0.2, 0.25) is 0 Å². The predicted octanol–water partition coefficient (Wildman–Crippen LogP) is 4.38. The molecular weight excluding hydrogens is 273 g/mol. The van der Waals surface area contributed by atoms with Crippen LogP contribution < -0.4 is 10.5 Å². The maximum Gasteiger partial charge on any atom is 0.137 e. The molecule has 0 aliphatic rings. The van der Waals surface area contributed by atoms with Gasteiger partial charge in [-0.2, -0.15) is 0 Å². The number of nitrogens with two attached hydrogens (primary N) is 1. The molecule has 0 aromatic heterocycles. The molecule has 2 nitrogen and oxygen atoms in total. The first kappa shape index (κ1) is 14.5. The van der Waals surface area contributed by atoms with Crippen molar-refractivity contribution in [2.45, 2.75) is 19.8 Å². The van der Waals surface area contributed by atoms with Crippen LogP contribution in [0.15, 0.2) is 42.5 Å². The molecule has 0 unspecified atom stereocenters. The van der Waals surface area contributed by atoms with Crippen molar-refractivity contribution in [3.63, 3.8) is 0 Å². The van der Waals surface area contributed by atoms with Crippen LogP contribution >= 0.6 is 12.2 Å². The van der Waals surface area contributed by atoms with Crippen molar-refractivity contribution in [1.29, 1.82) is 0 Å². The van der Waals surface area contributed by atoms with E-state index in [-0.39, 0.29) is 4.99 Å². The van der Waals surface area contributed by atoms with Gasteiger partial charge in [-0.3, -0.25) is 0 Å². The van der Waals surface area contributed by atoms with Gasteiger partial charge in [-0.05, 0) is 41.8 Å². The van der Waals surface area contributed by atoms with Gasteiger partial charge >= 0.3 is 0 Å². The van der Waals surface area contributed by atoms with Crippen molar-refractivity contribution in [2.75, 3.05) is 0 Å². The third-order valence-corrected chi connectivity index (χ3v) is 3.18. The van der Waals surface area contributed by atoms with Gasteiger partial charge in [0.25, 0.3) is 0 Å². The second-order valence-corrected chi connectivity index (χ2v) is 5.27. The summed E-state index contributed by atoms with van der Waals surface area (Å²) in [7, 11) is 0. The van der Waals surface area contributed by atoms with E-state index in [4.69, 9.17) is 22.7 Å². The molecule has 0 aliphatic carbocycles. The van der Waals surface area contributed by atoms with E-state index in [0.717, 1.165) is 0 Å². The fraction of sp³-hybridized carbons (Fsp3) is 0.188. The Bertz CT molecular complexity index is 640. The van der Waals surface area contributed by atoms with Crippen molar-refractivity contribution in [3.05, 3.63) is 59.4 Å². The van der Waals surface area contributed by atoms with Gasteiger partial charge in [-0.25, -0.2) is 4.39 Å². The van der Waals surface area contributed by atoms with Gasteiger partial charge in [0.05, 0.1) is 5.56 Å². The summed E-state index contributed by atoms with van der Waals surface area (Å²) in [6.45, 7) is 4.22. The molecule has 0 bridgehead atoms. The van der Waals surface area contributed by atoms with Crippen LogP contribution in [0, 0.1) is 5.82 Å². The molecule has 104 valence electrons. The lowest BCUT2D eigenvalue weighted by molar-refractivity contribution is 0.478. The first-order valence-corrected chi connectivity index (χ1v) is 6.75. The molecule has 0 fully saturated rings. The Morgan fingerprint density at radius 1 is 1.20 bits per heavy atom. The minimum absolute atomic E-state index is 0.111. The van der Waals surface area contributed by atoms with E-state index in [9.17, 15) is 4.39 Å². The molecular formula is C16H16FNOS. The highest BCUT2D eigenvalue weighted by Gasteiger charge is 2.10. The molecule has 2 N–H and O–H groups in total. The summed E-state index contributed by atoms with van der Waals surface area (Å²) in [6.07, 6.45) is 0. The molecule has 2 aromatic rings. The zero-order valence-corrected chi connectivity index (χ0v) is 12.2. The number of ether oxygens (including phenoxy) is 1. The normalized spacial score (nSPS) is 10.6. The summed E-state index contributed by atoms with van der Waals surface area (Å²) < 4.78 is 19.0. The average Bonchev–Trinajstić information content (AvgIpc) is 2.41. The van der Waals surface area contributed by atoms with E-state index in [1.165, 1.54) is 23.8 Å². The summed E-state index contributed by atoms with van der Waals surface area (Å²) in [5.74, 6) is 1.15. The third kappa shape index (κ3) is 3.33. The summed E-state index contributed by atoms with van der Waals surface area (Å²) in [6, 6.07) is 11.9. The summed E-state index contributed by atoms with van der Waals surface area (Å²) >= 11 is 4.92. The van der Waals surface area contributed by atoms with Crippen LogP contribution in [0.4, 0.5) is 4.39 Å². The SMILES string of the molecule is CC(C)c1cccc(Oc2ccc(F)cc2C(N)=S)c1. The summed E-state index contributed by atoms with van der Waals surface area (Å²) in [4.78, 5) is 0.111. The molecule has 20 heavy (non-hydrogen) atoms. The predicted molar refractivity (Wildman–Crippen MR) is 82.9 cm³/mol. The van der Waals surface area contributed by atoms with Gasteiger partial charge in [-0.15, -0.1) is 0 Å². The Morgan fingerprint density at radius 2 is 1.95 bits per heavy atom. The topological polar surface area (TPSA) is 35.2 Å². The Kier molecular flexibility index (Phi) is 4.35. The Morgan fingerprint density at radius 3 is 2.60 bits per heavy atom. The van der Waals surface area contributed by atoms with Gasteiger partial charge in [-0.1, -0.05) is 38.2 Å². The van der Waals surface area contributed by atoms with E-state index in [1.54, 1.807) is 0 Å². The van der Waals surface area contributed by atoms with Crippen molar-refractivity contribution >= 4 is 17.2 Å². The Labute approximate surface area is 123 Å². The molecule has 0 amide bonds. The van der Waals surface area contributed by atoms with E-state index in [1.807, 2.05) is 24.3 Å². The second-order valence-electron chi connectivity index (χ2n) is 4.83. The number of hydrogen-bond donors (Lipinski definition) is 1. The lowest BCUT2D eigenvalue weighted by atomic mass is 10.0. The van der Waals surface area contributed by atoms with Crippen LogP contribution in [0.25, 0.3) is 0 Å². The third-order valence-electron chi connectivity index (χ3n) is 2.96. The van der Waals surface area contributed by atoms with Crippen molar-refractivity contribution in [3.8, 4) is 11.5 Å². The molecule has 0 radical (unpaired) electrons. The van der Waals surface area contributed by atoms with Gasteiger partial charge in [0.1, 0.15) is 22.3 Å². The molecule has 0 spiro atoms. The average molecular weight is 289 g/mol. The zero-order valence-electron chi connectivity index (χ0n) is 11.4. The smallest absolute Gasteiger partial charge is 0.137 e. The van der Waals surface area contributed by atoms with Crippen LogP contribution in [0.5, 0.6) is 11.5 Å². The number of rotatable bonds is 4. The highest BCUT2D eigenvalue weighted by molar-refractivity contribution is 7.80. The number of hydrogen-bond acceptors (Lipinski definition) is 2. The molecule has 2 aromatic carbocycles. The molecule has 0 saturated carbocycles. The summed E-state index contributed by atoms with van der Waals surface area (Å²) in [5, 5.41) is 0. The van der Waals surface area contributed by atoms with Crippen molar-refractivity contribution < 1.29 is 9.13 Å². The van der Waals surface area contributed by atoms with E-state index >= 15 is 0 Å². The van der Waals surface area contributed by atoms with Crippen molar-refractivity contribution in [1.82, 2.24) is 0 Å². The minimum Gasteiger partial charge on any atom is -0.457 e. The lowest BCUT2D eigenvalue weighted by Crippen LogP contribution is -2.11. The van der Waals surface area contributed by atoms with Crippen molar-refractivity contribution in [2.24, 2.45) is 5.73 Å². The zero-order chi connectivity index (χ0) is 14.7. The summed E-state index contributed by atoms with van der Waals surface area (Å²) in [5.41, 5.74) is 7.17. The second kappa shape index (κ2) is 6.01. The highest BCUT2D eigenvalue weighted by Crippen LogP contribution is 2.28. The molecule has 0 saturated heterocycles. The Balaban J connectivity index is 2.35. The molecule has 4 heteroatoms. The quantitative estimate of drug-likeness (QED) is 0.849. The van der Waals surface area contributed by atoms with Gasteiger partial charge in [0.15, 0.2) is 0 Å². The lowest BCUT2D eigenvalue weighted by Gasteiger charge is -2.12. The number of thiocarbonyl (C=S) groups is 1. The number of benzene rings is 2. The first-order valence-electron chi connectivity index (χ1n) is 6.34. The fourth-order valence-corrected chi connectivity index (χ4v) is 2.01. The van der Waals surface area contributed by atoms with Gasteiger partial charge in [0, 0.05) is 0 Å².